The molecule has 1 aliphatic rings. The summed E-state index contributed by atoms with van der Waals surface area (Å²) in [5, 5.41) is 11.9. The third-order valence-electron chi connectivity index (χ3n) is 2.55. The zero-order chi connectivity index (χ0) is 12.3. The lowest BCUT2D eigenvalue weighted by atomic mass is 10.2. The third-order valence-corrected chi connectivity index (χ3v) is 3.95. The van der Waals surface area contributed by atoms with Gasteiger partial charge in [-0.2, -0.15) is 11.8 Å². The Bertz CT molecular complexity index is 423. The Hall–Kier alpha value is -1.43. The molecule has 92 valence electrons. The highest BCUT2D eigenvalue weighted by Crippen LogP contribution is 2.25. The Balaban J connectivity index is 1.87. The van der Waals surface area contributed by atoms with Crippen LogP contribution in [0.15, 0.2) is 16.5 Å². The maximum Gasteiger partial charge on any atom is 0.371 e. The van der Waals surface area contributed by atoms with E-state index in [9.17, 15) is 9.59 Å². The SMILES string of the molecule is O=C(O)c1ccc(C(=O)NC[C@@H]2CCCS2)o1. The summed E-state index contributed by atoms with van der Waals surface area (Å²) in [4.78, 5) is 22.2. The monoisotopic (exact) mass is 255 g/mol. The number of carboxylic acids is 1. The van der Waals surface area contributed by atoms with Crippen molar-refractivity contribution < 1.29 is 19.1 Å². The molecule has 0 unspecified atom stereocenters. The van der Waals surface area contributed by atoms with Gasteiger partial charge in [-0.15, -0.1) is 0 Å². The van der Waals surface area contributed by atoms with E-state index in [2.05, 4.69) is 5.32 Å². The molecule has 0 aromatic carbocycles. The minimum atomic E-state index is -1.17. The van der Waals surface area contributed by atoms with Gasteiger partial charge >= 0.3 is 5.97 Å². The topological polar surface area (TPSA) is 79.5 Å². The first-order valence-corrected chi connectivity index (χ1v) is 6.44. The van der Waals surface area contributed by atoms with Gasteiger partial charge in [-0.1, -0.05) is 0 Å². The maximum absolute atomic E-state index is 11.6. The van der Waals surface area contributed by atoms with Crippen molar-refractivity contribution in [2.45, 2.75) is 18.1 Å². The van der Waals surface area contributed by atoms with Gasteiger partial charge in [0.2, 0.25) is 5.76 Å². The Morgan fingerprint density at radius 2 is 2.24 bits per heavy atom. The van der Waals surface area contributed by atoms with Crippen molar-refractivity contribution in [1.82, 2.24) is 5.32 Å². The normalized spacial score (nSPS) is 19.2. The Labute approximate surface area is 103 Å². The van der Waals surface area contributed by atoms with E-state index in [0.29, 0.717) is 11.8 Å². The van der Waals surface area contributed by atoms with E-state index in [0.717, 1.165) is 12.2 Å². The molecule has 1 aromatic rings. The molecule has 1 atom stereocenters. The first-order chi connectivity index (χ1) is 8.16. The molecule has 1 aromatic heterocycles. The quantitative estimate of drug-likeness (QED) is 0.854. The number of furan rings is 1. The van der Waals surface area contributed by atoms with Crippen molar-refractivity contribution in [1.29, 1.82) is 0 Å². The van der Waals surface area contributed by atoms with Gasteiger partial charge in [-0.05, 0) is 30.7 Å². The van der Waals surface area contributed by atoms with Crippen LogP contribution in [0.4, 0.5) is 0 Å². The zero-order valence-electron chi connectivity index (χ0n) is 9.14. The number of thioether (sulfide) groups is 1. The molecule has 17 heavy (non-hydrogen) atoms. The fourth-order valence-electron chi connectivity index (χ4n) is 1.67. The number of carbonyl (C=O) groups excluding carboxylic acids is 1. The molecule has 1 saturated heterocycles. The molecule has 2 rings (SSSR count). The van der Waals surface area contributed by atoms with Crippen LogP contribution in [0, 0.1) is 0 Å². The molecular weight excluding hydrogens is 242 g/mol. The van der Waals surface area contributed by atoms with Gasteiger partial charge in [0.25, 0.3) is 5.91 Å². The minimum Gasteiger partial charge on any atom is -0.475 e. The number of rotatable bonds is 4. The molecule has 2 heterocycles. The molecule has 1 aliphatic heterocycles. The van der Waals surface area contributed by atoms with Crippen molar-refractivity contribution in [3.8, 4) is 0 Å². The van der Waals surface area contributed by atoms with Gasteiger partial charge in [-0.25, -0.2) is 4.79 Å². The van der Waals surface area contributed by atoms with E-state index in [1.54, 1.807) is 0 Å². The number of amides is 1. The maximum atomic E-state index is 11.6. The van der Waals surface area contributed by atoms with Crippen molar-refractivity contribution in [3.05, 3.63) is 23.7 Å². The van der Waals surface area contributed by atoms with Crippen LogP contribution < -0.4 is 5.32 Å². The van der Waals surface area contributed by atoms with Gasteiger partial charge in [0.15, 0.2) is 5.76 Å². The summed E-state index contributed by atoms with van der Waals surface area (Å²) in [6, 6.07) is 2.65. The van der Waals surface area contributed by atoms with Gasteiger partial charge in [0.05, 0.1) is 0 Å². The summed E-state index contributed by atoms with van der Waals surface area (Å²) in [5.74, 6) is -0.555. The van der Waals surface area contributed by atoms with Crippen molar-refractivity contribution in [2.75, 3.05) is 12.3 Å². The second-order valence-corrected chi connectivity index (χ2v) is 5.22. The van der Waals surface area contributed by atoms with Crippen molar-refractivity contribution in [3.63, 3.8) is 0 Å². The molecule has 0 spiro atoms. The summed E-state index contributed by atoms with van der Waals surface area (Å²) in [6.45, 7) is 0.604. The average molecular weight is 255 g/mol. The summed E-state index contributed by atoms with van der Waals surface area (Å²) >= 11 is 1.85. The minimum absolute atomic E-state index is 0.0467. The number of nitrogens with one attached hydrogen (secondary N) is 1. The second kappa shape index (κ2) is 5.27. The molecular formula is C11H13NO4S. The number of hydrogen-bond donors (Lipinski definition) is 2. The number of hydrogen-bond acceptors (Lipinski definition) is 4. The lowest BCUT2D eigenvalue weighted by molar-refractivity contribution is 0.0659. The van der Waals surface area contributed by atoms with Gasteiger partial charge in [0, 0.05) is 11.8 Å². The van der Waals surface area contributed by atoms with Crippen LogP contribution in [0.2, 0.25) is 0 Å². The lowest BCUT2D eigenvalue weighted by Crippen LogP contribution is -2.29. The summed E-state index contributed by atoms with van der Waals surface area (Å²) < 4.78 is 4.90. The Morgan fingerprint density at radius 1 is 1.47 bits per heavy atom. The van der Waals surface area contributed by atoms with Gasteiger partial charge in [-0.3, -0.25) is 4.79 Å². The smallest absolute Gasteiger partial charge is 0.371 e. The van der Waals surface area contributed by atoms with E-state index in [-0.39, 0.29) is 17.4 Å². The van der Waals surface area contributed by atoms with E-state index in [1.165, 1.54) is 18.6 Å². The molecule has 5 nitrogen and oxygen atoms in total. The summed E-state index contributed by atoms with van der Waals surface area (Å²) in [7, 11) is 0. The number of aromatic carboxylic acids is 1. The molecule has 6 heteroatoms. The average Bonchev–Trinajstić information content (AvgIpc) is 2.96. The first kappa shape index (κ1) is 12.0. The van der Waals surface area contributed by atoms with Crippen molar-refractivity contribution >= 4 is 23.6 Å². The number of carbonyl (C=O) groups is 2. The molecule has 0 radical (unpaired) electrons. The lowest BCUT2D eigenvalue weighted by Gasteiger charge is -2.08. The van der Waals surface area contributed by atoms with E-state index < -0.39 is 5.97 Å². The fraction of sp³-hybridized carbons (Fsp3) is 0.455. The van der Waals surface area contributed by atoms with Crippen LogP contribution in [0.3, 0.4) is 0 Å². The largest absolute Gasteiger partial charge is 0.475 e. The van der Waals surface area contributed by atoms with Crippen molar-refractivity contribution in [2.24, 2.45) is 0 Å². The Kier molecular flexibility index (Phi) is 3.73. The van der Waals surface area contributed by atoms with E-state index in [4.69, 9.17) is 9.52 Å². The summed E-state index contributed by atoms with van der Waals surface area (Å²) in [6.07, 6.45) is 2.30. The van der Waals surface area contributed by atoms with E-state index in [1.807, 2.05) is 11.8 Å². The standard InChI is InChI=1S/C11H13NO4S/c13-10(12-6-7-2-1-5-17-7)8-3-4-9(16-8)11(14)15/h3-4,7H,1-2,5-6H2,(H,12,13)(H,14,15)/t7-/m0/s1. The predicted octanol–water partition coefficient (Wildman–Crippen LogP) is 1.60. The van der Waals surface area contributed by atoms with Crippen LogP contribution in [0.1, 0.15) is 34.0 Å². The Morgan fingerprint density at radius 3 is 2.82 bits per heavy atom. The number of carboxylic acid groups (broad SMARTS) is 1. The molecule has 1 amide bonds. The van der Waals surface area contributed by atoms with Crippen LogP contribution in [-0.4, -0.2) is 34.5 Å². The van der Waals surface area contributed by atoms with Gasteiger partial charge in [0.1, 0.15) is 0 Å². The van der Waals surface area contributed by atoms with Crippen LogP contribution in [-0.2, 0) is 0 Å². The molecule has 2 N–H and O–H groups in total. The molecule has 0 saturated carbocycles. The second-order valence-electron chi connectivity index (χ2n) is 3.81. The van der Waals surface area contributed by atoms with Crippen LogP contribution in [0.25, 0.3) is 0 Å². The van der Waals surface area contributed by atoms with Crippen LogP contribution in [0.5, 0.6) is 0 Å². The highest BCUT2D eigenvalue weighted by Gasteiger charge is 2.18. The summed E-state index contributed by atoms with van der Waals surface area (Å²) in [5.41, 5.74) is 0. The zero-order valence-corrected chi connectivity index (χ0v) is 9.96. The molecule has 1 fully saturated rings. The first-order valence-electron chi connectivity index (χ1n) is 5.40. The molecule has 0 aliphatic carbocycles. The third kappa shape index (κ3) is 3.03. The molecule has 0 bridgehead atoms. The predicted molar refractivity (Wildman–Crippen MR) is 63.5 cm³/mol. The van der Waals surface area contributed by atoms with E-state index >= 15 is 0 Å². The van der Waals surface area contributed by atoms with Crippen LogP contribution >= 0.6 is 11.8 Å². The van der Waals surface area contributed by atoms with Gasteiger partial charge < -0.3 is 14.8 Å². The highest BCUT2D eigenvalue weighted by molar-refractivity contribution is 8.00. The highest BCUT2D eigenvalue weighted by atomic mass is 32.2. The fourth-order valence-corrected chi connectivity index (χ4v) is 2.88.